The summed E-state index contributed by atoms with van der Waals surface area (Å²) in [5, 5.41) is 3.67. The van der Waals surface area contributed by atoms with Gasteiger partial charge in [0.05, 0.1) is 0 Å². The van der Waals surface area contributed by atoms with Crippen molar-refractivity contribution in [1.82, 2.24) is 5.32 Å². The van der Waals surface area contributed by atoms with E-state index in [1.807, 2.05) is 0 Å². The largest absolute Gasteiger partial charge is 0.310 e. The smallest absolute Gasteiger partial charge is 0.0326 e. The highest BCUT2D eigenvalue weighted by atomic mass is 79.9. The molecule has 104 valence electrons. The fourth-order valence-electron chi connectivity index (χ4n) is 3.12. The first-order chi connectivity index (χ1) is 9.81. The standard InChI is InChI=1S/C18H20BrN/c1-2-12-20-18-11-10-14-13(7-5-8-16(14)18)15-6-3-4-9-17(15)19/h3-9,18,20H,2,10-12H2,1H3. The molecule has 0 bridgehead atoms. The molecule has 2 heteroatoms. The van der Waals surface area contributed by atoms with Gasteiger partial charge in [-0.25, -0.2) is 0 Å². The van der Waals surface area contributed by atoms with Gasteiger partial charge in [0, 0.05) is 10.5 Å². The Morgan fingerprint density at radius 2 is 1.90 bits per heavy atom. The van der Waals surface area contributed by atoms with Gasteiger partial charge in [-0.3, -0.25) is 0 Å². The first kappa shape index (κ1) is 13.8. The monoisotopic (exact) mass is 329 g/mol. The minimum absolute atomic E-state index is 0.535. The molecule has 3 rings (SSSR count). The molecule has 2 aromatic rings. The molecule has 1 atom stereocenters. The minimum Gasteiger partial charge on any atom is -0.310 e. The molecule has 0 aliphatic heterocycles. The lowest BCUT2D eigenvalue weighted by Gasteiger charge is -2.15. The number of halogens is 1. The van der Waals surface area contributed by atoms with Crippen LogP contribution in [0.15, 0.2) is 46.9 Å². The van der Waals surface area contributed by atoms with E-state index in [9.17, 15) is 0 Å². The fourth-order valence-corrected chi connectivity index (χ4v) is 3.62. The van der Waals surface area contributed by atoms with Gasteiger partial charge >= 0.3 is 0 Å². The third kappa shape index (κ3) is 2.55. The van der Waals surface area contributed by atoms with Crippen molar-refractivity contribution in [3.8, 4) is 11.1 Å². The van der Waals surface area contributed by atoms with Gasteiger partial charge in [-0.05, 0) is 54.1 Å². The lowest BCUT2D eigenvalue weighted by molar-refractivity contribution is 0.529. The number of nitrogens with one attached hydrogen (secondary N) is 1. The van der Waals surface area contributed by atoms with Crippen LogP contribution in [0.1, 0.15) is 36.9 Å². The van der Waals surface area contributed by atoms with Crippen molar-refractivity contribution in [2.75, 3.05) is 6.54 Å². The van der Waals surface area contributed by atoms with E-state index in [1.54, 1.807) is 0 Å². The number of rotatable bonds is 4. The Balaban J connectivity index is 2.00. The molecule has 0 fully saturated rings. The Morgan fingerprint density at radius 3 is 2.70 bits per heavy atom. The lowest BCUT2D eigenvalue weighted by Crippen LogP contribution is -2.19. The van der Waals surface area contributed by atoms with Crippen LogP contribution in [0.4, 0.5) is 0 Å². The fraction of sp³-hybridized carbons (Fsp3) is 0.333. The predicted octanol–water partition coefficient (Wildman–Crippen LogP) is 5.10. The van der Waals surface area contributed by atoms with Crippen LogP contribution in [0.5, 0.6) is 0 Å². The Kier molecular flexibility index (Phi) is 4.23. The summed E-state index contributed by atoms with van der Waals surface area (Å²) in [6.07, 6.45) is 3.58. The normalized spacial score (nSPS) is 17.2. The molecular weight excluding hydrogens is 310 g/mol. The van der Waals surface area contributed by atoms with E-state index in [1.165, 1.54) is 46.0 Å². The quantitative estimate of drug-likeness (QED) is 0.822. The maximum Gasteiger partial charge on any atom is 0.0326 e. The van der Waals surface area contributed by atoms with E-state index in [-0.39, 0.29) is 0 Å². The molecule has 1 aliphatic rings. The second-order valence-electron chi connectivity index (χ2n) is 5.40. The molecule has 0 spiro atoms. The molecule has 1 unspecified atom stereocenters. The number of fused-ring (bicyclic) bond motifs is 1. The van der Waals surface area contributed by atoms with E-state index >= 15 is 0 Å². The molecule has 0 radical (unpaired) electrons. The summed E-state index contributed by atoms with van der Waals surface area (Å²) in [6, 6.07) is 15.8. The molecule has 0 heterocycles. The van der Waals surface area contributed by atoms with Crippen LogP contribution in [-0.4, -0.2) is 6.54 Å². The van der Waals surface area contributed by atoms with Gasteiger partial charge in [0.2, 0.25) is 0 Å². The number of hydrogen-bond acceptors (Lipinski definition) is 1. The van der Waals surface area contributed by atoms with E-state index in [2.05, 4.69) is 70.6 Å². The van der Waals surface area contributed by atoms with Gasteiger partial charge in [-0.15, -0.1) is 0 Å². The van der Waals surface area contributed by atoms with Crippen molar-refractivity contribution in [2.45, 2.75) is 32.2 Å². The zero-order valence-electron chi connectivity index (χ0n) is 11.8. The lowest BCUT2D eigenvalue weighted by atomic mass is 9.96. The van der Waals surface area contributed by atoms with Gasteiger partial charge in [0.15, 0.2) is 0 Å². The summed E-state index contributed by atoms with van der Waals surface area (Å²) in [5.41, 5.74) is 5.70. The highest BCUT2D eigenvalue weighted by Gasteiger charge is 2.24. The Bertz CT molecular complexity index is 606. The molecule has 1 aliphatic carbocycles. The van der Waals surface area contributed by atoms with E-state index in [0.29, 0.717) is 6.04 Å². The summed E-state index contributed by atoms with van der Waals surface area (Å²) in [7, 11) is 0. The van der Waals surface area contributed by atoms with E-state index in [4.69, 9.17) is 0 Å². The van der Waals surface area contributed by atoms with Crippen molar-refractivity contribution >= 4 is 15.9 Å². The predicted molar refractivity (Wildman–Crippen MR) is 88.9 cm³/mol. The molecule has 0 saturated carbocycles. The summed E-state index contributed by atoms with van der Waals surface area (Å²) in [4.78, 5) is 0. The molecule has 0 saturated heterocycles. The minimum atomic E-state index is 0.535. The highest BCUT2D eigenvalue weighted by molar-refractivity contribution is 9.10. The third-order valence-electron chi connectivity index (χ3n) is 4.08. The van der Waals surface area contributed by atoms with Gasteiger partial charge in [-0.2, -0.15) is 0 Å². The summed E-state index contributed by atoms with van der Waals surface area (Å²) in [6.45, 7) is 3.32. The molecule has 2 aromatic carbocycles. The SMILES string of the molecule is CCCNC1CCc2c(-c3ccccc3Br)cccc21. The third-order valence-corrected chi connectivity index (χ3v) is 4.77. The van der Waals surface area contributed by atoms with Crippen LogP contribution in [-0.2, 0) is 6.42 Å². The van der Waals surface area contributed by atoms with Gasteiger partial charge in [-0.1, -0.05) is 59.3 Å². The van der Waals surface area contributed by atoms with Crippen molar-refractivity contribution in [2.24, 2.45) is 0 Å². The van der Waals surface area contributed by atoms with Gasteiger partial charge < -0.3 is 5.32 Å². The van der Waals surface area contributed by atoms with Crippen LogP contribution >= 0.6 is 15.9 Å². The second kappa shape index (κ2) is 6.11. The Labute approximate surface area is 129 Å². The molecule has 0 aromatic heterocycles. The maximum atomic E-state index is 3.68. The van der Waals surface area contributed by atoms with E-state index in [0.717, 1.165) is 6.54 Å². The Hall–Kier alpha value is -1.12. The number of benzene rings is 2. The van der Waals surface area contributed by atoms with Crippen molar-refractivity contribution in [3.05, 3.63) is 58.1 Å². The van der Waals surface area contributed by atoms with Crippen LogP contribution in [0.3, 0.4) is 0 Å². The zero-order chi connectivity index (χ0) is 13.9. The average Bonchev–Trinajstić information content (AvgIpc) is 2.89. The molecule has 20 heavy (non-hydrogen) atoms. The van der Waals surface area contributed by atoms with Crippen LogP contribution < -0.4 is 5.32 Å². The first-order valence-corrected chi connectivity index (χ1v) is 8.20. The van der Waals surface area contributed by atoms with Gasteiger partial charge in [0.25, 0.3) is 0 Å². The second-order valence-corrected chi connectivity index (χ2v) is 6.25. The molecule has 1 N–H and O–H groups in total. The van der Waals surface area contributed by atoms with Crippen LogP contribution in [0, 0.1) is 0 Å². The number of hydrogen-bond donors (Lipinski definition) is 1. The topological polar surface area (TPSA) is 12.0 Å². The summed E-state index contributed by atoms with van der Waals surface area (Å²) in [5.74, 6) is 0. The molecule has 0 amide bonds. The van der Waals surface area contributed by atoms with Crippen LogP contribution in [0.2, 0.25) is 0 Å². The maximum absolute atomic E-state index is 3.68. The van der Waals surface area contributed by atoms with Crippen molar-refractivity contribution in [3.63, 3.8) is 0 Å². The molecular formula is C18H20BrN. The zero-order valence-corrected chi connectivity index (χ0v) is 13.4. The highest BCUT2D eigenvalue weighted by Crippen LogP contribution is 2.39. The first-order valence-electron chi connectivity index (χ1n) is 7.41. The summed E-state index contributed by atoms with van der Waals surface area (Å²) >= 11 is 3.68. The Morgan fingerprint density at radius 1 is 1.10 bits per heavy atom. The van der Waals surface area contributed by atoms with Crippen molar-refractivity contribution in [1.29, 1.82) is 0 Å². The van der Waals surface area contributed by atoms with Crippen LogP contribution in [0.25, 0.3) is 11.1 Å². The van der Waals surface area contributed by atoms with E-state index < -0.39 is 0 Å². The van der Waals surface area contributed by atoms with Gasteiger partial charge in [0.1, 0.15) is 0 Å². The summed E-state index contributed by atoms with van der Waals surface area (Å²) < 4.78 is 1.18. The van der Waals surface area contributed by atoms with Crippen molar-refractivity contribution < 1.29 is 0 Å². The average molecular weight is 330 g/mol. The molecule has 1 nitrogen and oxygen atoms in total.